The van der Waals surface area contributed by atoms with Gasteiger partial charge in [0.1, 0.15) is 0 Å². The van der Waals surface area contributed by atoms with Gasteiger partial charge in [0.05, 0.1) is 16.5 Å². The molecule has 1 aliphatic rings. The number of hydrogen-bond acceptors (Lipinski definition) is 3. The van der Waals surface area contributed by atoms with Gasteiger partial charge in [0.25, 0.3) is 0 Å². The minimum Gasteiger partial charge on any atom is -0.315 e. The molecule has 2 rings (SSSR count). The summed E-state index contributed by atoms with van der Waals surface area (Å²) in [5.74, 6) is 0. The van der Waals surface area contributed by atoms with Crippen LogP contribution in [0.4, 0.5) is 18.9 Å². The lowest BCUT2D eigenvalue weighted by atomic mass is 10.2. The van der Waals surface area contributed by atoms with Crippen molar-refractivity contribution in [1.82, 2.24) is 5.32 Å². The Morgan fingerprint density at radius 3 is 2.62 bits per heavy atom. The fourth-order valence-corrected chi connectivity index (χ4v) is 3.99. The molecule has 1 heterocycles. The van der Waals surface area contributed by atoms with Gasteiger partial charge in [-0.05, 0) is 37.6 Å². The SMILES string of the molecule is O=S(=O)(Nc1ccc(Br)cc1C(F)(F)F)C1CCCNC1. The molecule has 0 radical (unpaired) electrons. The number of nitrogens with one attached hydrogen (secondary N) is 2. The van der Waals surface area contributed by atoms with Crippen LogP contribution in [0.3, 0.4) is 0 Å². The number of sulfonamides is 1. The Bertz CT molecular complexity index is 613. The first kappa shape index (κ1) is 16.6. The molecule has 0 amide bonds. The monoisotopic (exact) mass is 386 g/mol. The molecule has 1 unspecified atom stereocenters. The summed E-state index contributed by atoms with van der Waals surface area (Å²) in [5.41, 5.74) is -1.46. The number of rotatable bonds is 3. The lowest BCUT2D eigenvalue weighted by Crippen LogP contribution is -2.41. The van der Waals surface area contributed by atoms with Crippen molar-refractivity contribution in [3.05, 3.63) is 28.2 Å². The van der Waals surface area contributed by atoms with E-state index in [4.69, 9.17) is 0 Å². The fraction of sp³-hybridized carbons (Fsp3) is 0.500. The molecular weight excluding hydrogens is 373 g/mol. The van der Waals surface area contributed by atoms with Gasteiger partial charge >= 0.3 is 6.18 Å². The zero-order valence-electron chi connectivity index (χ0n) is 10.9. The Balaban J connectivity index is 2.30. The number of piperidine rings is 1. The highest BCUT2D eigenvalue weighted by atomic mass is 79.9. The molecule has 1 fully saturated rings. The molecule has 0 spiro atoms. The van der Waals surface area contributed by atoms with Crippen molar-refractivity contribution < 1.29 is 21.6 Å². The molecule has 9 heteroatoms. The van der Waals surface area contributed by atoms with Crippen molar-refractivity contribution >= 4 is 31.6 Å². The van der Waals surface area contributed by atoms with E-state index in [1.54, 1.807) is 0 Å². The van der Waals surface area contributed by atoms with E-state index >= 15 is 0 Å². The van der Waals surface area contributed by atoms with Crippen LogP contribution < -0.4 is 10.0 Å². The molecule has 1 aromatic rings. The summed E-state index contributed by atoms with van der Waals surface area (Å²) in [6.45, 7) is 0.964. The third-order valence-corrected chi connectivity index (χ3v) is 5.51. The van der Waals surface area contributed by atoms with Crippen LogP contribution in [0.5, 0.6) is 0 Å². The zero-order chi connectivity index (χ0) is 15.7. The molecule has 1 saturated heterocycles. The summed E-state index contributed by atoms with van der Waals surface area (Å²) in [7, 11) is -3.86. The van der Waals surface area contributed by atoms with E-state index in [1.165, 1.54) is 6.07 Å². The Morgan fingerprint density at radius 2 is 2.05 bits per heavy atom. The summed E-state index contributed by atoms with van der Waals surface area (Å²) in [6, 6.07) is 3.34. The number of benzene rings is 1. The molecule has 0 aliphatic carbocycles. The molecule has 0 aromatic heterocycles. The van der Waals surface area contributed by atoms with Gasteiger partial charge in [0.15, 0.2) is 0 Å². The van der Waals surface area contributed by atoms with E-state index in [9.17, 15) is 21.6 Å². The number of alkyl halides is 3. The largest absolute Gasteiger partial charge is 0.418 e. The van der Waals surface area contributed by atoms with Crippen LogP contribution in [0.25, 0.3) is 0 Å². The van der Waals surface area contributed by atoms with Crippen molar-refractivity contribution in [2.24, 2.45) is 0 Å². The molecule has 118 valence electrons. The van der Waals surface area contributed by atoms with E-state index in [-0.39, 0.29) is 11.0 Å². The topological polar surface area (TPSA) is 58.2 Å². The Hall–Kier alpha value is -0.800. The minimum absolute atomic E-state index is 0.233. The third-order valence-electron chi connectivity index (χ3n) is 3.23. The van der Waals surface area contributed by atoms with E-state index < -0.39 is 32.7 Å². The maximum atomic E-state index is 13.0. The maximum absolute atomic E-state index is 13.0. The molecule has 2 N–H and O–H groups in total. The van der Waals surface area contributed by atoms with Gasteiger partial charge in [-0.25, -0.2) is 8.42 Å². The normalized spacial score (nSPS) is 20.3. The average molecular weight is 387 g/mol. The van der Waals surface area contributed by atoms with E-state index in [1.807, 2.05) is 0 Å². The minimum atomic E-state index is -4.63. The van der Waals surface area contributed by atoms with Crippen molar-refractivity contribution in [2.75, 3.05) is 17.8 Å². The first-order chi connectivity index (χ1) is 9.70. The molecule has 0 saturated carbocycles. The summed E-state index contributed by atoms with van der Waals surface area (Å²) >= 11 is 2.96. The molecule has 1 aliphatic heterocycles. The number of hydrogen-bond donors (Lipinski definition) is 2. The molecule has 1 aromatic carbocycles. The average Bonchev–Trinajstić information content (AvgIpc) is 2.40. The van der Waals surface area contributed by atoms with Crippen LogP contribution in [-0.4, -0.2) is 26.8 Å². The van der Waals surface area contributed by atoms with E-state index in [0.29, 0.717) is 12.8 Å². The van der Waals surface area contributed by atoms with Gasteiger partial charge in [0, 0.05) is 11.0 Å². The summed E-state index contributed by atoms with van der Waals surface area (Å²) in [6.07, 6.45) is -3.52. The predicted octanol–water partition coefficient (Wildman–Crippen LogP) is 2.96. The summed E-state index contributed by atoms with van der Waals surface area (Å²) in [4.78, 5) is 0. The van der Waals surface area contributed by atoms with Crippen molar-refractivity contribution in [3.63, 3.8) is 0 Å². The van der Waals surface area contributed by atoms with E-state index in [2.05, 4.69) is 26.0 Å². The van der Waals surface area contributed by atoms with Gasteiger partial charge in [-0.2, -0.15) is 13.2 Å². The first-order valence-corrected chi connectivity index (χ1v) is 8.63. The van der Waals surface area contributed by atoms with Gasteiger partial charge in [-0.15, -0.1) is 0 Å². The van der Waals surface area contributed by atoms with Crippen LogP contribution in [0, 0.1) is 0 Å². The second-order valence-electron chi connectivity index (χ2n) is 4.80. The highest BCUT2D eigenvalue weighted by molar-refractivity contribution is 9.10. The highest BCUT2D eigenvalue weighted by Crippen LogP contribution is 2.37. The van der Waals surface area contributed by atoms with Gasteiger partial charge in [0.2, 0.25) is 10.0 Å². The predicted molar refractivity (Wildman–Crippen MR) is 77.6 cm³/mol. The number of halogens is 4. The van der Waals surface area contributed by atoms with Crippen LogP contribution in [0.15, 0.2) is 22.7 Å². The van der Waals surface area contributed by atoms with E-state index in [0.717, 1.165) is 18.7 Å². The van der Waals surface area contributed by atoms with Crippen molar-refractivity contribution in [1.29, 1.82) is 0 Å². The Morgan fingerprint density at radius 1 is 1.33 bits per heavy atom. The van der Waals surface area contributed by atoms with Gasteiger partial charge in [-0.1, -0.05) is 15.9 Å². The molecule has 4 nitrogen and oxygen atoms in total. The molecule has 21 heavy (non-hydrogen) atoms. The highest BCUT2D eigenvalue weighted by Gasteiger charge is 2.36. The quantitative estimate of drug-likeness (QED) is 0.839. The van der Waals surface area contributed by atoms with Crippen LogP contribution in [0.2, 0.25) is 0 Å². The Labute approximate surface area is 129 Å². The van der Waals surface area contributed by atoms with Gasteiger partial charge in [-0.3, -0.25) is 4.72 Å². The first-order valence-electron chi connectivity index (χ1n) is 6.29. The van der Waals surface area contributed by atoms with Crippen LogP contribution >= 0.6 is 15.9 Å². The Kier molecular flexibility index (Phi) is 4.84. The second kappa shape index (κ2) is 6.13. The second-order valence-corrected chi connectivity index (χ2v) is 7.68. The summed E-state index contributed by atoms with van der Waals surface area (Å²) in [5, 5.41) is 2.21. The lowest BCUT2D eigenvalue weighted by Gasteiger charge is -2.24. The molecular formula is C12H14BrF3N2O2S. The molecule has 0 bridgehead atoms. The summed E-state index contributed by atoms with van der Waals surface area (Å²) < 4.78 is 65.6. The van der Waals surface area contributed by atoms with Crippen LogP contribution in [0.1, 0.15) is 18.4 Å². The fourth-order valence-electron chi connectivity index (χ4n) is 2.16. The zero-order valence-corrected chi connectivity index (χ0v) is 13.3. The number of anilines is 1. The van der Waals surface area contributed by atoms with Crippen molar-refractivity contribution in [3.8, 4) is 0 Å². The van der Waals surface area contributed by atoms with Gasteiger partial charge < -0.3 is 5.32 Å². The van der Waals surface area contributed by atoms with Crippen LogP contribution in [-0.2, 0) is 16.2 Å². The van der Waals surface area contributed by atoms with Crippen molar-refractivity contribution in [2.45, 2.75) is 24.3 Å². The third kappa shape index (κ3) is 4.10. The smallest absolute Gasteiger partial charge is 0.315 e. The standard InChI is InChI=1S/C12H14BrF3N2O2S/c13-8-3-4-11(10(6-8)12(14,15)16)18-21(19,20)9-2-1-5-17-7-9/h3-4,6,9,17-18H,1-2,5,7H2. The molecule has 1 atom stereocenters. The lowest BCUT2D eigenvalue weighted by molar-refractivity contribution is -0.136. The maximum Gasteiger partial charge on any atom is 0.418 e.